The fourth-order valence-electron chi connectivity index (χ4n) is 1.80. The fourth-order valence-corrected chi connectivity index (χ4v) is 2.16. The molecule has 23 heavy (non-hydrogen) atoms. The summed E-state index contributed by atoms with van der Waals surface area (Å²) in [6.07, 6.45) is 0. The molecule has 2 aromatic carbocycles. The van der Waals surface area contributed by atoms with Crippen molar-refractivity contribution in [3.8, 4) is 0 Å². The van der Waals surface area contributed by atoms with Gasteiger partial charge in [0, 0.05) is 9.26 Å². The first-order valence-corrected chi connectivity index (χ1v) is 7.01. The van der Waals surface area contributed by atoms with E-state index in [1.165, 1.54) is 0 Å². The van der Waals surface area contributed by atoms with Gasteiger partial charge in [-0.15, -0.1) is 0 Å². The van der Waals surface area contributed by atoms with Crippen LogP contribution in [0.15, 0.2) is 36.4 Å². The minimum Gasteiger partial charge on any atom is -0.344 e. The molecule has 0 amide bonds. The second kappa shape index (κ2) is 6.51. The Kier molecular flexibility index (Phi) is 4.68. The summed E-state index contributed by atoms with van der Waals surface area (Å²) in [6, 6.07) is 7.93. The molecule has 1 N–H and O–H groups in total. The minimum atomic E-state index is -0.922. The highest BCUT2D eigenvalue weighted by molar-refractivity contribution is 14.1. The molecule has 2 aromatic rings. The van der Waals surface area contributed by atoms with Gasteiger partial charge in [0.05, 0.1) is 26.9 Å². The number of nitrogens with one attached hydrogen (secondary N) is 1. The molecule has 10 nitrogen and oxygen atoms in total. The molecule has 0 atom stereocenters. The van der Waals surface area contributed by atoms with Gasteiger partial charge in [0.2, 0.25) is 0 Å². The average molecular weight is 430 g/mol. The van der Waals surface area contributed by atoms with Crippen molar-refractivity contribution >= 4 is 51.0 Å². The van der Waals surface area contributed by atoms with Crippen LogP contribution in [0.5, 0.6) is 0 Å². The first kappa shape index (κ1) is 16.5. The van der Waals surface area contributed by atoms with E-state index in [4.69, 9.17) is 0 Å². The normalized spacial score (nSPS) is 10.1. The Morgan fingerprint density at radius 3 is 1.70 bits per heavy atom. The first-order chi connectivity index (χ1) is 10.8. The quantitative estimate of drug-likeness (QED) is 0.433. The molecule has 0 aliphatic rings. The Morgan fingerprint density at radius 1 is 0.826 bits per heavy atom. The number of hydrogen-bond acceptors (Lipinski definition) is 7. The van der Waals surface area contributed by atoms with Crippen molar-refractivity contribution in [3.05, 3.63) is 70.3 Å². The summed E-state index contributed by atoms with van der Waals surface area (Å²) >= 11 is 2.05. The maximum Gasteiger partial charge on any atom is 0.306 e. The van der Waals surface area contributed by atoms with Gasteiger partial charge < -0.3 is 5.32 Å². The van der Waals surface area contributed by atoms with Crippen LogP contribution in [0.2, 0.25) is 0 Å². The Hall–Kier alpha value is -2.83. The summed E-state index contributed by atoms with van der Waals surface area (Å²) in [7, 11) is 0. The number of benzene rings is 2. The molecule has 0 saturated carbocycles. The van der Waals surface area contributed by atoms with E-state index in [0.29, 0.717) is 17.8 Å². The van der Waals surface area contributed by atoms with E-state index in [1.54, 1.807) is 24.3 Å². The first-order valence-electron chi connectivity index (χ1n) is 5.93. The smallest absolute Gasteiger partial charge is 0.306 e. The SMILES string of the molecule is O=[N+]([O-])c1cc([N+](=O)[O-])c(Nc2ccc(I)cc2)c([N+](=O)[O-])c1. The molecule has 0 bridgehead atoms. The summed E-state index contributed by atoms with van der Waals surface area (Å²) in [5.41, 5.74) is -2.25. The number of anilines is 2. The molecule has 0 spiro atoms. The molecule has 2 rings (SSSR count). The van der Waals surface area contributed by atoms with Crippen LogP contribution in [0.25, 0.3) is 0 Å². The lowest BCUT2D eigenvalue weighted by Gasteiger charge is -2.08. The second-order valence-electron chi connectivity index (χ2n) is 4.26. The Bertz CT molecular complexity index is 773. The van der Waals surface area contributed by atoms with Crippen LogP contribution in [0.1, 0.15) is 0 Å². The Labute approximate surface area is 141 Å². The van der Waals surface area contributed by atoms with Gasteiger partial charge in [0.25, 0.3) is 5.69 Å². The molecule has 11 heteroatoms. The van der Waals surface area contributed by atoms with Crippen LogP contribution in [0.3, 0.4) is 0 Å². The summed E-state index contributed by atoms with van der Waals surface area (Å²) in [5, 5.41) is 35.7. The minimum absolute atomic E-state index is 0.380. The maximum absolute atomic E-state index is 11.1. The van der Waals surface area contributed by atoms with E-state index in [0.717, 1.165) is 3.57 Å². The Morgan fingerprint density at radius 2 is 1.30 bits per heavy atom. The number of nitro benzene ring substituents is 3. The van der Waals surface area contributed by atoms with E-state index in [2.05, 4.69) is 27.9 Å². The molecule has 0 aliphatic carbocycles. The zero-order valence-corrected chi connectivity index (χ0v) is 13.3. The van der Waals surface area contributed by atoms with Gasteiger partial charge in [-0.3, -0.25) is 30.3 Å². The monoisotopic (exact) mass is 430 g/mol. The molecular formula is C12H7IN4O6. The predicted octanol–water partition coefficient (Wildman–Crippen LogP) is 3.76. The largest absolute Gasteiger partial charge is 0.344 e. The Balaban J connectivity index is 2.63. The van der Waals surface area contributed by atoms with Gasteiger partial charge in [0.1, 0.15) is 0 Å². The standard InChI is InChI=1S/C12H7IN4O6/c13-7-1-3-8(4-2-7)14-12-10(16(20)21)5-9(15(18)19)6-11(12)17(22)23/h1-6,14H. The zero-order chi connectivity index (χ0) is 17.1. The molecular weight excluding hydrogens is 423 g/mol. The number of nitrogens with zero attached hydrogens (tertiary/aromatic N) is 3. The van der Waals surface area contributed by atoms with E-state index in [1.807, 2.05) is 0 Å². The highest BCUT2D eigenvalue weighted by Gasteiger charge is 2.30. The molecule has 0 heterocycles. The third kappa shape index (κ3) is 3.68. The van der Waals surface area contributed by atoms with Crippen molar-refractivity contribution in [1.29, 1.82) is 0 Å². The summed E-state index contributed by atoms with van der Waals surface area (Å²) in [4.78, 5) is 30.3. The summed E-state index contributed by atoms with van der Waals surface area (Å²) in [5.74, 6) is 0. The number of nitro groups is 3. The van der Waals surface area contributed by atoms with Crippen LogP contribution in [0.4, 0.5) is 28.4 Å². The van der Waals surface area contributed by atoms with E-state index in [9.17, 15) is 30.3 Å². The lowest BCUT2D eigenvalue weighted by molar-refractivity contribution is -0.401. The van der Waals surface area contributed by atoms with Gasteiger partial charge in [-0.25, -0.2) is 0 Å². The van der Waals surface area contributed by atoms with Gasteiger partial charge >= 0.3 is 11.4 Å². The van der Waals surface area contributed by atoms with Crippen molar-refractivity contribution in [2.75, 3.05) is 5.32 Å². The van der Waals surface area contributed by atoms with Crippen LogP contribution >= 0.6 is 22.6 Å². The number of rotatable bonds is 5. The van der Waals surface area contributed by atoms with Crippen molar-refractivity contribution in [2.24, 2.45) is 0 Å². The predicted molar refractivity (Wildman–Crippen MR) is 88.8 cm³/mol. The molecule has 0 saturated heterocycles. The van der Waals surface area contributed by atoms with Crippen LogP contribution in [0, 0.1) is 33.9 Å². The molecule has 0 unspecified atom stereocenters. The second-order valence-corrected chi connectivity index (χ2v) is 5.51. The number of non-ortho nitro benzene ring substituents is 1. The van der Waals surface area contributed by atoms with Gasteiger partial charge in [-0.2, -0.15) is 0 Å². The highest BCUT2D eigenvalue weighted by Crippen LogP contribution is 2.40. The van der Waals surface area contributed by atoms with Gasteiger partial charge in [-0.1, -0.05) is 0 Å². The fraction of sp³-hybridized carbons (Fsp3) is 0. The number of hydrogen-bond donors (Lipinski definition) is 1. The van der Waals surface area contributed by atoms with Crippen molar-refractivity contribution in [1.82, 2.24) is 0 Å². The van der Waals surface area contributed by atoms with Crippen molar-refractivity contribution in [2.45, 2.75) is 0 Å². The van der Waals surface area contributed by atoms with E-state index in [-0.39, 0.29) is 0 Å². The molecule has 118 valence electrons. The zero-order valence-electron chi connectivity index (χ0n) is 11.1. The van der Waals surface area contributed by atoms with Crippen LogP contribution in [-0.4, -0.2) is 14.8 Å². The maximum atomic E-state index is 11.1. The molecule has 0 aliphatic heterocycles. The van der Waals surface area contributed by atoms with Gasteiger partial charge in [-0.05, 0) is 46.9 Å². The lowest BCUT2D eigenvalue weighted by atomic mass is 10.2. The molecule has 0 radical (unpaired) electrons. The third-order valence-electron chi connectivity index (χ3n) is 2.80. The molecule has 0 aromatic heterocycles. The lowest BCUT2D eigenvalue weighted by Crippen LogP contribution is -2.03. The number of halogens is 1. The summed E-state index contributed by atoms with van der Waals surface area (Å²) < 4.78 is 0.904. The van der Waals surface area contributed by atoms with Crippen LogP contribution in [-0.2, 0) is 0 Å². The topological polar surface area (TPSA) is 141 Å². The van der Waals surface area contributed by atoms with Crippen LogP contribution < -0.4 is 5.32 Å². The highest BCUT2D eigenvalue weighted by atomic mass is 127. The van der Waals surface area contributed by atoms with E-state index >= 15 is 0 Å². The third-order valence-corrected chi connectivity index (χ3v) is 3.52. The molecule has 0 fully saturated rings. The van der Waals surface area contributed by atoms with Crippen molar-refractivity contribution < 1.29 is 14.8 Å². The van der Waals surface area contributed by atoms with E-state index < -0.39 is 37.5 Å². The average Bonchev–Trinajstić information content (AvgIpc) is 2.48. The van der Waals surface area contributed by atoms with Crippen molar-refractivity contribution in [3.63, 3.8) is 0 Å². The summed E-state index contributed by atoms with van der Waals surface area (Å²) in [6.45, 7) is 0. The van der Waals surface area contributed by atoms with Gasteiger partial charge in [0.15, 0.2) is 5.69 Å².